The van der Waals surface area contributed by atoms with E-state index in [-0.39, 0.29) is 19.1 Å². The van der Waals surface area contributed by atoms with Crippen LogP contribution in [0.25, 0.3) is 0 Å². The van der Waals surface area contributed by atoms with E-state index in [0.29, 0.717) is 6.61 Å². The number of rotatable bonds is 8. The number of hydrogen-bond acceptors (Lipinski definition) is 3. The number of benzene rings is 1. The molecule has 1 rings (SSSR count). The van der Waals surface area contributed by atoms with Crippen LogP contribution in [0.2, 0.25) is 0 Å². The molecule has 0 bridgehead atoms. The number of carboxylic acids is 1. The van der Waals surface area contributed by atoms with Gasteiger partial charge in [-0.25, -0.2) is 0 Å². The SMILES string of the molecule is CC(C)(CNC(=O)COCCc1ccccc1)C(=O)O. The topological polar surface area (TPSA) is 75.6 Å². The van der Waals surface area contributed by atoms with E-state index in [4.69, 9.17) is 9.84 Å². The number of amides is 1. The van der Waals surface area contributed by atoms with Crippen molar-refractivity contribution in [1.29, 1.82) is 0 Å². The van der Waals surface area contributed by atoms with E-state index >= 15 is 0 Å². The summed E-state index contributed by atoms with van der Waals surface area (Å²) in [6.07, 6.45) is 0.745. The first-order chi connectivity index (χ1) is 9.42. The third kappa shape index (κ3) is 5.84. The van der Waals surface area contributed by atoms with Crippen LogP contribution in [0.3, 0.4) is 0 Å². The van der Waals surface area contributed by atoms with Crippen molar-refractivity contribution in [3.8, 4) is 0 Å². The van der Waals surface area contributed by atoms with Crippen LogP contribution >= 0.6 is 0 Å². The number of carboxylic acid groups (broad SMARTS) is 1. The minimum atomic E-state index is -0.973. The minimum Gasteiger partial charge on any atom is -0.481 e. The standard InChI is InChI=1S/C15H21NO4/c1-15(2,14(18)19)11-16-13(17)10-20-9-8-12-6-4-3-5-7-12/h3-7H,8-11H2,1-2H3,(H,16,17)(H,18,19). The molecular weight excluding hydrogens is 258 g/mol. The Balaban J connectivity index is 2.16. The molecule has 0 aromatic heterocycles. The Morgan fingerprint density at radius 1 is 1.25 bits per heavy atom. The summed E-state index contributed by atoms with van der Waals surface area (Å²) in [5.41, 5.74) is 0.180. The van der Waals surface area contributed by atoms with Gasteiger partial charge in [0.2, 0.25) is 5.91 Å². The van der Waals surface area contributed by atoms with Gasteiger partial charge >= 0.3 is 5.97 Å². The summed E-state index contributed by atoms with van der Waals surface area (Å²) in [6, 6.07) is 9.85. The molecule has 1 aromatic carbocycles. The lowest BCUT2D eigenvalue weighted by Crippen LogP contribution is -2.40. The van der Waals surface area contributed by atoms with Crippen LogP contribution in [0.15, 0.2) is 30.3 Å². The van der Waals surface area contributed by atoms with Crippen molar-refractivity contribution in [1.82, 2.24) is 5.32 Å². The molecule has 20 heavy (non-hydrogen) atoms. The lowest BCUT2D eigenvalue weighted by molar-refractivity contribution is -0.146. The fraction of sp³-hybridized carbons (Fsp3) is 0.467. The van der Waals surface area contributed by atoms with Crippen molar-refractivity contribution in [2.75, 3.05) is 19.8 Å². The second-order valence-corrected chi connectivity index (χ2v) is 5.25. The van der Waals surface area contributed by atoms with Crippen molar-refractivity contribution in [3.63, 3.8) is 0 Å². The van der Waals surface area contributed by atoms with Gasteiger partial charge in [0.25, 0.3) is 0 Å². The molecule has 0 aliphatic rings. The van der Waals surface area contributed by atoms with Gasteiger partial charge in [-0.1, -0.05) is 30.3 Å². The summed E-state index contributed by atoms with van der Waals surface area (Å²) < 4.78 is 5.27. The molecule has 0 fully saturated rings. The monoisotopic (exact) mass is 279 g/mol. The number of carbonyl (C=O) groups is 2. The average Bonchev–Trinajstić information content (AvgIpc) is 2.42. The van der Waals surface area contributed by atoms with E-state index in [0.717, 1.165) is 12.0 Å². The van der Waals surface area contributed by atoms with Crippen molar-refractivity contribution in [2.24, 2.45) is 5.41 Å². The Morgan fingerprint density at radius 2 is 1.90 bits per heavy atom. The third-order valence-corrected chi connectivity index (χ3v) is 2.92. The van der Waals surface area contributed by atoms with Gasteiger partial charge in [-0.3, -0.25) is 9.59 Å². The Bertz CT molecular complexity index is 442. The van der Waals surface area contributed by atoms with E-state index in [1.165, 1.54) is 0 Å². The number of ether oxygens (including phenoxy) is 1. The van der Waals surface area contributed by atoms with Gasteiger partial charge < -0.3 is 15.2 Å². The Labute approximate surface area is 118 Å². The van der Waals surface area contributed by atoms with Crippen LogP contribution in [0.1, 0.15) is 19.4 Å². The normalized spacial score (nSPS) is 11.1. The van der Waals surface area contributed by atoms with E-state index in [9.17, 15) is 9.59 Å². The van der Waals surface area contributed by atoms with Crippen molar-refractivity contribution < 1.29 is 19.4 Å². The second kappa shape index (κ2) is 7.65. The molecule has 0 aliphatic heterocycles. The Morgan fingerprint density at radius 3 is 2.50 bits per heavy atom. The molecule has 0 saturated carbocycles. The lowest BCUT2D eigenvalue weighted by atomic mass is 9.94. The lowest BCUT2D eigenvalue weighted by Gasteiger charge is -2.19. The number of hydrogen-bond donors (Lipinski definition) is 2. The molecule has 0 radical (unpaired) electrons. The van der Waals surface area contributed by atoms with E-state index in [1.54, 1.807) is 13.8 Å². The van der Waals surface area contributed by atoms with Gasteiger partial charge in [-0.2, -0.15) is 0 Å². The Hall–Kier alpha value is -1.88. The molecule has 0 atom stereocenters. The molecule has 0 spiro atoms. The van der Waals surface area contributed by atoms with Crippen LogP contribution < -0.4 is 5.32 Å². The predicted molar refractivity (Wildman–Crippen MR) is 75.4 cm³/mol. The molecule has 0 unspecified atom stereocenters. The van der Waals surface area contributed by atoms with E-state index in [2.05, 4.69) is 5.32 Å². The van der Waals surface area contributed by atoms with E-state index < -0.39 is 11.4 Å². The first-order valence-electron chi connectivity index (χ1n) is 6.53. The molecule has 2 N–H and O–H groups in total. The summed E-state index contributed by atoms with van der Waals surface area (Å²) in [6.45, 7) is 3.61. The summed E-state index contributed by atoms with van der Waals surface area (Å²) in [5.74, 6) is -1.24. The van der Waals surface area contributed by atoms with Crippen molar-refractivity contribution in [2.45, 2.75) is 20.3 Å². The molecular formula is C15H21NO4. The largest absolute Gasteiger partial charge is 0.481 e. The summed E-state index contributed by atoms with van der Waals surface area (Å²) >= 11 is 0. The molecule has 0 saturated heterocycles. The third-order valence-electron chi connectivity index (χ3n) is 2.92. The molecule has 110 valence electrons. The molecule has 5 heteroatoms. The highest BCUT2D eigenvalue weighted by atomic mass is 16.5. The second-order valence-electron chi connectivity index (χ2n) is 5.25. The minimum absolute atomic E-state index is 0.0530. The maximum atomic E-state index is 11.5. The number of nitrogens with one attached hydrogen (secondary N) is 1. The predicted octanol–water partition coefficient (Wildman–Crippen LogP) is 1.47. The average molecular weight is 279 g/mol. The molecule has 0 aliphatic carbocycles. The Kier molecular flexibility index (Phi) is 6.18. The zero-order valence-electron chi connectivity index (χ0n) is 11.9. The number of carbonyl (C=O) groups excluding carboxylic acids is 1. The fourth-order valence-electron chi connectivity index (χ4n) is 1.45. The van der Waals surface area contributed by atoms with Crippen LogP contribution in [0.4, 0.5) is 0 Å². The van der Waals surface area contributed by atoms with Crippen molar-refractivity contribution in [3.05, 3.63) is 35.9 Å². The smallest absolute Gasteiger partial charge is 0.310 e. The van der Waals surface area contributed by atoms with Gasteiger partial charge in [0.1, 0.15) is 6.61 Å². The van der Waals surface area contributed by atoms with Gasteiger partial charge in [0, 0.05) is 6.54 Å². The van der Waals surface area contributed by atoms with Crippen LogP contribution in [-0.2, 0) is 20.7 Å². The van der Waals surface area contributed by atoms with Crippen molar-refractivity contribution >= 4 is 11.9 Å². The van der Waals surface area contributed by atoms with Gasteiger partial charge in [-0.05, 0) is 25.8 Å². The van der Waals surface area contributed by atoms with Crippen LogP contribution in [0, 0.1) is 5.41 Å². The highest BCUT2D eigenvalue weighted by Gasteiger charge is 2.27. The summed E-state index contributed by atoms with van der Waals surface area (Å²) in [4.78, 5) is 22.4. The van der Waals surface area contributed by atoms with Gasteiger partial charge in [0.15, 0.2) is 0 Å². The highest BCUT2D eigenvalue weighted by Crippen LogP contribution is 2.12. The quantitative estimate of drug-likeness (QED) is 0.707. The highest BCUT2D eigenvalue weighted by molar-refractivity contribution is 5.79. The molecule has 1 amide bonds. The fourth-order valence-corrected chi connectivity index (χ4v) is 1.45. The van der Waals surface area contributed by atoms with Crippen LogP contribution in [-0.4, -0.2) is 36.7 Å². The molecule has 5 nitrogen and oxygen atoms in total. The van der Waals surface area contributed by atoms with Gasteiger partial charge in [0.05, 0.1) is 12.0 Å². The summed E-state index contributed by atoms with van der Waals surface area (Å²) in [5, 5.41) is 11.5. The zero-order valence-corrected chi connectivity index (χ0v) is 11.9. The first-order valence-corrected chi connectivity index (χ1v) is 6.53. The van der Waals surface area contributed by atoms with E-state index in [1.807, 2.05) is 30.3 Å². The maximum absolute atomic E-state index is 11.5. The number of aliphatic carboxylic acids is 1. The van der Waals surface area contributed by atoms with Crippen LogP contribution in [0.5, 0.6) is 0 Å². The maximum Gasteiger partial charge on any atom is 0.310 e. The summed E-state index contributed by atoms with van der Waals surface area (Å²) in [7, 11) is 0. The zero-order chi connectivity index (χ0) is 15.0. The first kappa shape index (κ1) is 16.2. The van der Waals surface area contributed by atoms with Gasteiger partial charge in [-0.15, -0.1) is 0 Å². The molecule has 1 aromatic rings. The molecule has 0 heterocycles.